The number of carbonyl (C=O) groups excluding carboxylic acids is 2. The Morgan fingerprint density at radius 2 is 1.83 bits per heavy atom. The number of carbonyl (C=O) groups is 2. The van der Waals surface area contributed by atoms with Crippen LogP contribution in [0.1, 0.15) is 15.9 Å². The molecule has 6 heteroatoms. The third-order valence-electron chi connectivity index (χ3n) is 3.30. The molecule has 0 aromatic heterocycles. The molecule has 0 saturated heterocycles. The van der Waals surface area contributed by atoms with Crippen molar-refractivity contribution in [1.82, 2.24) is 0 Å². The molecule has 0 aliphatic rings. The van der Waals surface area contributed by atoms with Crippen LogP contribution in [0.5, 0.6) is 11.5 Å². The number of nitrogens with one attached hydrogen (secondary N) is 1. The number of anilines is 1. The number of primary amides is 1. The summed E-state index contributed by atoms with van der Waals surface area (Å²) in [6, 6.07) is 12.0. The molecule has 6 nitrogen and oxygen atoms in total. The first-order chi connectivity index (χ1) is 11.5. The van der Waals surface area contributed by atoms with Gasteiger partial charge in [0.2, 0.25) is 5.91 Å². The third-order valence-corrected chi connectivity index (χ3v) is 3.30. The van der Waals surface area contributed by atoms with E-state index in [9.17, 15) is 9.59 Å². The molecule has 0 aliphatic heterocycles. The average Bonchev–Trinajstić information content (AvgIpc) is 2.60. The molecule has 2 aromatic carbocycles. The molecule has 0 fully saturated rings. The van der Waals surface area contributed by atoms with E-state index >= 15 is 0 Å². The summed E-state index contributed by atoms with van der Waals surface area (Å²) in [5.74, 6) is 0.0849. The van der Waals surface area contributed by atoms with Crippen molar-refractivity contribution in [1.29, 1.82) is 0 Å². The van der Waals surface area contributed by atoms with E-state index in [2.05, 4.69) is 5.32 Å². The quantitative estimate of drug-likeness (QED) is 0.798. The Kier molecular flexibility index (Phi) is 5.57. The monoisotopic (exact) mass is 326 g/mol. The lowest BCUT2D eigenvalue weighted by molar-refractivity contribution is -0.111. The molecule has 0 spiro atoms. The van der Waals surface area contributed by atoms with Gasteiger partial charge in [-0.05, 0) is 30.3 Å². The predicted molar refractivity (Wildman–Crippen MR) is 92.2 cm³/mol. The van der Waals surface area contributed by atoms with Gasteiger partial charge < -0.3 is 20.5 Å². The van der Waals surface area contributed by atoms with Crippen LogP contribution in [-0.2, 0) is 4.79 Å². The molecule has 0 saturated carbocycles. The van der Waals surface area contributed by atoms with Crippen LogP contribution in [0.3, 0.4) is 0 Å². The summed E-state index contributed by atoms with van der Waals surface area (Å²) < 4.78 is 10.3. The number of benzene rings is 2. The second-order valence-corrected chi connectivity index (χ2v) is 4.84. The van der Waals surface area contributed by atoms with Gasteiger partial charge in [0.1, 0.15) is 11.5 Å². The van der Waals surface area contributed by atoms with Gasteiger partial charge >= 0.3 is 0 Å². The second-order valence-electron chi connectivity index (χ2n) is 4.84. The fourth-order valence-corrected chi connectivity index (χ4v) is 2.11. The van der Waals surface area contributed by atoms with E-state index in [0.717, 1.165) is 5.56 Å². The predicted octanol–water partition coefficient (Wildman–Crippen LogP) is 2.45. The SMILES string of the molecule is COc1ccc(NC(=O)/C=C/c2ccccc2OC)c(C(N)=O)c1. The number of amides is 2. The van der Waals surface area contributed by atoms with Crippen molar-refractivity contribution in [3.05, 3.63) is 59.7 Å². The standard InChI is InChI=1S/C18H18N2O4/c1-23-13-8-9-15(14(11-13)18(19)22)20-17(21)10-7-12-5-3-4-6-16(12)24-2/h3-11H,1-2H3,(H2,19,22)(H,20,21)/b10-7+. The highest BCUT2D eigenvalue weighted by molar-refractivity contribution is 6.07. The number of rotatable bonds is 6. The van der Waals surface area contributed by atoms with Crippen molar-refractivity contribution in [2.24, 2.45) is 5.73 Å². The Morgan fingerprint density at radius 1 is 1.08 bits per heavy atom. The minimum Gasteiger partial charge on any atom is -0.497 e. The van der Waals surface area contributed by atoms with Crippen molar-refractivity contribution in [3.63, 3.8) is 0 Å². The third kappa shape index (κ3) is 4.13. The van der Waals surface area contributed by atoms with Gasteiger partial charge in [-0.15, -0.1) is 0 Å². The molecule has 0 unspecified atom stereocenters. The van der Waals surface area contributed by atoms with Crippen molar-refractivity contribution in [2.75, 3.05) is 19.5 Å². The molecule has 124 valence electrons. The fourth-order valence-electron chi connectivity index (χ4n) is 2.11. The Labute approximate surface area is 139 Å². The summed E-state index contributed by atoms with van der Waals surface area (Å²) in [6.45, 7) is 0. The van der Waals surface area contributed by atoms with Gasteiger partial charge in [0.25, 0.3) is 5.91 Å². The number of methoxy groups -OCH3 is 2. The average molecular weight is 326 g/mol. The minimum absolute atomic E-state index is 0.174. The van der Waals surface area contributed by atoms with Crippen LogP contribution in [0.4, 0.5) is 5.69 Å². The molecule has 2 aromatic rings. The number of hydrogen-bond donors (Lipinski definition) is 2. The highest BCUT2D eigenvalue weighted by atomic mass is 16.5. The van der Waals surface area contributed by atoms with Crippen LogP contribution in [0, 0.1) is 0 Å². The van der Waals surface area contributed by atoms with E-state index in [4.69, 9.17) is 15.2 Å². The van der Waals surface area contributed by atoms with Crippen LogP contribution >= 0.6 is 0 Å². The molecule has 2 rings (SSSR count). The number of hydrogen-bond acceptors (Lipinski definition) is 4. The molecule has 0 radical (unpaired) electrons. The lowest BCUT2D eigenvalue weighted by atomic mass is 10.1. The van der Waals surface area contributed by atoms with Crippen LogP contribution in [-0.4, -0.2) is 26.0 Å². The maximum atomic E-state index is 12.1. The maximum absolute atomic E-state index is 12.1. The largest absolute Gasteiger partial charge is 0.497 e. The zero-order chi connectivity index (χ0) is 17.5. The van der Waals surface area contributed by atoms with E-state index < -0.39 is 11.8 Å². The van der Waals surface area contributed by atoms with Gasteiger partial charge in [0, 0.05) is 11.6 Å². The molecular weight excluding hydrogens is 308 g/mol. The van der Waals surface area contributed by atoms with Crippen LogP contribution < -0.4 is 20.5 Å². The van der Waals surface area contributed by atoms with Crippen LogP contribution in [0.2, 0.25) is 0 Å². The Balaban J connectivity index is 2.18. The first kappa shape index (κ1) is 17.1. The molecule has 0 bridgehead atoms. The normalized spacial score (nSPS) is 10.4. The lowest BCUT2D eigenvalue weighted by Gasteiger charge is -2.09. The lowest BCUT2D eigenvalue weighted by Crippen LogP contribution is -2.17. The van der Waals surface area contributed by atoms with E-state index in [-0.39, 0.29) is 5.56 Å². The molecule has 0 heterocycles. The van der Waals surface area contributed by atoms with Gasteiger partial charge in [-0.2, -0.15) is 0 Å². The summed E-state index contributed by atoms with van der Waals surface area (Å²) in [5, 5.41) is 2.63. The van der Waals surface area contributed by atoms with E-state index in [1.54, 1.807) is 31.4 Å². The molecular formula is C18H18N2O4. The Hall–Kier alpha value is -3.28. The zero-order valence-corrected chi connectivity index (χ0v) is 13.4. The van der Waals surface area contributed by atoms with Gasteiger partial charge in [-0.1, -0.05) is 18.2 Å². The number of nitrogens with two attached hydrogens (primary N) is 1. The van der Waals surface area contributed by atoms with E-state index in [1.807, 2.05) is 18.2 Å². The van der Waals surface area contributed by atoms with Crippen LogP contribution in [0.25, 0.3) is 6.08 Å². The summed E-state index contributed by atoms with van der Waals surface area (Å²) in [4.78, 5) is 23.6. The summed E-state index contributed by atoms with van der Waals surface area (Å²) >= 11 is 0. The van der Waals surface area contributed by atoms with Crippen molar-refractivity contribution >= 4 is 23.6 Å². The van der Waals surface area contributed by atoms with E-state index in [0.29, 0.717) is 17.2 Å². The van der Waals surface area contributed by atoms with Gasteiger partial charge in [-0.25, -0.2) is 0 Å². The second kappa shape index (κ2) is 7.82. The van der Waals surface area contributed by atoms with Gasteiger partial charge in [-0.3, -0.25) is 9.59 Å². The van der Waals surface area contributed by atoms with Crippen molar-refractivity contribution in [2.45, 2.75) is 0 Å². The topological polar surface area (TPSA) is 90.7 Å². The van der Waals surface area contributed by atoms with E-state index in [1.165, 1.54) is 19.3 Å². The van der Waals surface area contributed by atoms with Crippen molar-refractivity contribution < 1.29 is 19.1 Å². The minimum atomic E-state index is -0.655. The van der Waals surface area contributed by atoms with Crippen molar-refractivity contribution in [3.8, 4) is 11.5 Å². The molecule has 0 aliphatic carbocycles. The molecule has 24 heavy (non-hydrogen) atoms. The Bertz CT molecular complexity index is 784. The number of ether oxygens (including phenoxy) is 2. The molecule has 0 atom stereocenters. The smallest absolute Gasteiger partial charge is 0.250 e. The summed E-state index contributed by atoms with van der Waals surface area (Å²) in [6.07, 6.45) is 2.98. The summed E-state index contributed by atoms with van der Waals surface area (Å²) in [7, 11) is 3.04. The molecule has 2 amide bonds. The first-order valence-corrected chi connectivity index (χ1v) is 7.15. The highest BCUT2D eigenvalue weighted by Crippen LogP contribution is 2.22. The highest BCUT2D eigenvalue weighted by Gasteiger charge is 2.11. The first-order valence-electron chi connectivity index (χ1n) is 7.15. The summed E-state index contributed by atoms with van der Waals surface area (Å²) in [5.41, 5.74) is 6.59. The fraction of sp³-hybridized carbons (Fsp3) is 0.111. The zero-order valence-electron chi connectivity index (χ0n) is 13.4. The number of para-hydroxylation sites is 1. The van der Waals surface area contributed by atoms with Crippen LogP contribution in [0.15, 0.2) is 48.5 Å². The van der Waals surface area contributed by atoms with Gasteiger partial charge in [0.15, 0.2) is 0 Å². The van der Waals surface area contributed by atoms with Gasteiger partial charge in [0.05, 0.1) is 25.5 Å². The maximum Gasteiger partial charge on any atom is 0.250 e. The Morgan fingerprint density at radius 3 is 2.50 bits per heavy atom. The molecule has 3 N–H and O–H groups in total.